The summed E-state index contributed by atoms with van der Waals surface area (Å²) in [4.78, 5) is 18.6. The first-order valence-electron chi connectivity index (χ1n) is 9.21. The number of amides is 1. The number of carbonyl (C=O) groups is 1. The van der Waals surface area contributed by atoms with E-state index >= 15 is 0 Å². The van der Waals surface area contributed by atoms with Crippen molar-refractivity contribution in [1.29, 1.82) is 0 Å². The molecule has 2 aromatic heterocycles. The first kappa shape index (κ1) is 19.9. The lowest BCUT2D eigenvalue weighted by Crippen LogP contribution is -2.42. The van der Waals surface area contributed by atoms with Crippen LogP contribution in [0.25, 0.3) is 11.4 Å². The van der Waals surface area contributed by atoms with Crippen LogP contribution in [0.3, 0.4) is 0 Å². The van der Waals surface area contributed by atoms with Crippen LogP contribution >= 0.6 is 0 Å². The lowest BCUT2D eigenvalue weighted by molar-refractivity contribution is -0.123. The highest BCUT2D eigenvalue weighted by Crippen LogP contribution is 2.32. The second-order valence-electron chi connectivity index (χ2n) is 6.88. The summed E-state index contributed by atoms with van der Waals surface area (Å²) in [5, 5.41) is 14.2. The molecule has 0 aliphatic carbocycles. The third-order valence-corrected chi connectivity index (χ3v) is 5.03. The molecule has 1 aliphatic heterocycles. The molecule has 3 aromatic rings. The molecular weight excluding hydrogens is 404 g/mol. The summed E-state index contributed by atoms with van der Waals surface area (Å²) in [5.41, 5.74) is -0.443. The van der Waals surface area contributed by atoms with Crippen LogP contribution < -0.4 is 4.90 Å². The zero-order valence-corrected chi connectivity index (χ0v) is 15.5. The van der Waals surface area contributed by atoms with Crippen molar-refractivity contribution in [2.45, 2.75) is 25.7 Å². The number of rotatable bonds is 5. The minimum absolute atomic E-state index is 0.0809. The van der Waals surface area contributed by atoms with Gasteiger partial charge in [-0.3, -0.25) is 14.8 Å². The lowest BCUT2D eigenvalue weighted by Gasteiger charge is -2.30. The summed E-state index contributed by atoms with van der Waals surface area (Å²) in [6.45, 7) is 0.362. The lowest BCUT2D eigenvalue weighted by atomic mass is 9.88. The van der Waals surface area contributed by atoms with Crippen molar-refractivity contribution in [2.75, 3.05) is 11.4 Å². The van der Waals surface area contributed by atoms with E-state index in [2.05, 4.69) is 25.4 Å². The number of alkyl halides is 2. The fraction of sp³-hybridized carbons (Fsp3) is 0.316. The van der Waals surface area contributed by atoms with Gasteiger partial charge in [-0.1, -0.05) is 6.07 Å². The van der Waals surface area contributed by atoms with Crippen LogP contribution in [-0.2, 0) is 11.2 Å². The van der Waals surface area contributed by atoms with Crippen molar-refractivity contribution in [2.24, 2.45) is 5.92 Å². The number of aromatic amines is 1. The molecule has 1 fully saturated rings. The quantitative estimate of drug-likeness (QED) is 0.639. The van der Waals surface area contributed by atoms with Crippen LogP contribution in [0.5, 0.6) is 0 Å². The van der Waals surface area contributed by atoms with Gasteiger partial charge in [-0.25, -0.2) is 17.6 Å². The van der Waals surface area contributed by atoms with E-state index in [1.54, 1.807) is 6.07 Å². The number of halogens is 4. The molecule has 1 aromatic carbocycles. The summed E-state index contributed by atoms with van der Waals surface area (Å²) < 4.78 is 53.9. The van der Waals surface area contributed by atoms with Gasteiger partial charge >= 0.3 is 0 Å². The van der Waals surface area contributed by atoms with E-state index in [1.165, 1.54) is 17.3 Å². The zero-order chi connectivity index (χ0) is 21.3. The first-order chi connectivity index (χ1) is 14.5. The predicted molar refractivity (Wildman–Crippen MR) is 97.5 cm³/mol. The van der Waals surface area contributed by atoms with Gasteiger partial charge < -0.3 is 0 Å². The number of aromatic nitrogens is 5. The molecule has 156 valence electrons. The van der Waals surface area contributed by atoms with Crippen molar-refractivity contribution in [3.05, 3.63) is 53.4 Å². The van der Waals surface area contributed by atoms with Gasteiger partial charge in [-0.05, 0) is 37.0 Å². The zero-order valence-electron chi connectivity index (χ0n) is 15.5. The van der Waals surface area contributed by atoms with Crippen LogP contribution in [0.2, 0.25) is 0 Å². The average Bonchev–Trinajstić information content (AvgIpc) is 3.23. The van der Waals surface area contributed by atoms with Crippen molar-refractivity contribution < 1.29 is 22.4 Å². The van der Waals surface area contributed by atoms with Gasteiger partial charge in [0.05, 0.1) is 18.0 Å². The molecule has 1 N–H and O–H groups in total. The highest BCUT2D eigenvalue weighted by atomic mass is 19.3. The van der Waals surface area contributed by atoms with Crippen LogP contribution in [0.4, 0.5) is 23.5 Å². The topological polar surface area (TPSA) is 87.7 Å². The van der Waals surface area contributed by atoms with Crippen molar-refractivity contribution in [1.82, 2.24) is 25.4 Å². The van der Waals surface area contributed by atoms with Crippen molar-refractivity contribution >= 4 is 11.9 Å². The second-order valence-corrected chi connectivity index (χ2v) is 6.88. The molecule has 1 unspecified atom stereocenters. The molecule has 1 aliphatic rings. The Balaban J connectivity index is 1.56. The monoisotopic (exact) mass is 420 g/mol. The molecule has 3 heterocycles. The predicted octanol–water partition coefficient (Wildman–Crippen LogP) is 3.46. The van der Waals surface area contributed by atoms with E-state index in [-0.39, 0.29) is 23.8 Å². The molecule has 1 atom stereocenters. The number of H-pyrrole nitrogens is 1. The number of nitrogens with zero attached hydrogens (tertiary/aromatic N) is 5. The number of carbonyl (C=O) groups excluding carboxylic acids is 1. The van der Waals surface area contributed by atoms with Crippen LogP contribution in [0.15, 0.2) is 30.6 Å². The number of nitrogens with one attached hydrogen (secondary N) is 1. The van der Waals surface area contributed by atoms with Crippen LogP contribution in [-0.4, -0.2) is 37.8 Å². The average molecular weight is 420 g/mol. The number of benzene rings is 1. The highest BCUT2D eigenvalue weighted by molar-refractivity contribution is 5.94. The SMILES string of the molecule is O=C1C(Cc2ccc(F)c(F)c2C(F)F)CCCN1c1n[nH]c(-c2ccnnc2)n1. The number of piperidine rings is 1. The third-order valence-electron chi connectivity index (χ3n) is 5.03. The maximum absolute atomic E-state index is 13.9. The molecule has 0 spiro atoms. The molecule has 0 radical (unpaired) electrons. The largest absolute Gasteiger partial charge is 0.279 e. The van der Waals surface area contributed by atoms with Gasteiger partial charge in [0.1, 0.15) is 0 Å². The Hall–Kier alpha value is -3.37. The minimum atomic E-state index is -3.19. The molecule has 0 bridgehead atoms. The van der Waals surface area contributed by atoms with E-state index < -0.39 is 29.5 Å². The summed E-state index contributed by atoms with van der Waals surface area (Å²) in [7, 11) is 0. The Labute approximate surface area is 168 Å². The number of hydrogen-bond acceptors (Lipinski definition) is 5. The van der Waals surface area contributed by atoms with Gasteiger partial charge in [0.25, 0.3) is 12.4 Å². The van der Waals surface area contributed by atoms with E-state index in [0.717, 1.165) is 12.1 Å². The fourth-order valence-corrected chi connectivity index (χ4v) is 3.56. The van der Waals surface area contributed by atoms with E-state index in [4.69, 9.17) is 0 Å². The first-order valence-corrected chi connectivity index (χ1v) is 9.21. The summed E-state index contributed by atoms with van der Waals surface area (Å²) in [5.74, 6) is -3.40. The summed E-state index contributed by atoms with van der Waals surface area (Å²) >= 11 is 0. The molecule has 0 saturated carbocycles. The fourth-order valence-electron chi connectivity index (χ4n) is 3.56. The Kier molecular flexibility index (Phi) is 5.42. The molecule has 7 nitrogen and oxygen atoms in total. The van der Waals surface area contributed by atoms with Crippen LogP contribution in [0.1, 0.15) is 30.4 Å². The van der Waals surface area contributed by atoms with Gasteiger partial charge in [0.2, 0.25) is 5.91 Å². The Morgan fingerprint density at radius 2 is 2.03 bits per heavy atom. The molecule has 30 heavy (non-hydrogen) atoms. The van der Waals surface area contributed by atoms with E-state index in [1.807, 2.05) is 0 Å². The highest BCUT2D eigenvalue weighted by Gasteiger charge is 2.33. The third kappa shape index (κ3) is 3.74. The van der Waals surface area contributed by atoms with Crippen LogP contribution in [0, 0.1) is 17.6 Å². The standard InChI is InChI=1S/C19H16F4N6O/c20-13-4-3-10(14(15(13)21)16(22)23)8-11-2-1-7-29(18(11)30)19-26-17(27-28-19)12-5-6-24-25-9-12/h3-6,9,11,16H,1-2,7-8H2,(H,26,27,28). The van der Waals surface area contributed by atoms with E-state index in [0.29, 0.717) is 30.8 Å². The normalized spacial score (nSPS) is 17.0. The van der Waals surface area contributed by atoms with Gasteiger partial charge in [-0.15, -0.1) is 5.10 Å². The molecule has 1 saturated heterocycles. The number of anilines is 1. The molecule has 11 heteroatoms. The minimum Gasteiger partial charge on any atom is -0.279 e. The Bertz CT molecular complexity index is 1060. The Morgan fingerprint density at radius 3 is 2.77 bits per heavy atom. The Morgan fingerprint density at radius 1 is 1.20 bits per heavy atom. The smallest absolute Gasteiger partial charge is 0.267 e. The number of hydrogen-bond donors (Lipinski definition) is 1. The van der Waals surface area contributed by atoms with Gasteiger partial charge in [0, 0.05) is 18.0 Å². The van der Waals surface area contributed by atoms with Crippen molar-refractivity contribution in [3.8, 4) is 11.4 Å². The second kappa shape index (κ2) is 8.17. The van der Waals surface area contributed by atoms with Gasteiger partial charge in [-0.2, -0.15) is 15.2 Å². The van der Waals surface area contributed by atoms with Crippen molar-refractivity contribution in [3.63, 3.8) is 0 Å². The van der Waals surface area contributed by atoms with E-state index in [9.17, 15) is 22.4 Å². The molecular formula is C19H16F4N6O. The maximum atomic E-state index is 13.9. The maximum Gasteiger partial charge on any atom is 0.267 e. The van der Waals surface area contributed by atoms with Gasteiger partial charge in [0.15, 0.2) is 17.5 Å². The molecule has 1 amide bonds. The summed E-state index contributed by atoms with van der Waals surface area (Å²) in [6, 6.07) is 3.58. The molecule has 4 rings (SSSR count). The summed E-state index contributed by atoms with van der Waals surface area (Å²) in [6.07, 6.45) is 0.683.